The highest BCUT2D eigenvalue weighted by Crippen LogP contribution is 2.44. The van der Waals surface area contributed by atoms with Crippen molar-refractivity contribution in [1.82, 2.24) is 29.6 Å². The number of nitrogens with zero attached hydrogens (tertiary/aromatic N) is 7. The molecule has 320 valence electrons. The van der Waals surface area contributed by atoms with Crippen molar-refractivity contribution in [1.29, 1.82) is 0 Å². The summed E-state index contributed by atoms with van der Waals surface area (Å²) in [5.41, 5.74) is 5.72. The molecule has 2 aromatic heterocycles. The van der Waals surface area contributed by atoms with E-state index >= 15 is 0 Å². The van der Waals surface area contributed by atoms with Crippen LogP contribution in [-0.2, 0) is 34.5 Å². The number of imide groups is 1. The average molecular weight is 831 g/mol. The number of likely N-dealkylation sites (tertiary alicyclic amines) is 2. The second-order valence-electron chi connectivity index (χ2n) is 18.0. The van der Waals surface area contributed by atoms with Crippen LogP contribution in [0.25, 0.3) is 21.9 Å². The van der Waals surface area contributed by atoms with E-state index in [9.17, 15) is 19.2 Å². The molecule has 1 spiro atoms. The van der Waals surface area contributed by atoms with E-state index in [2.05, 4.69) is 42.0 Å². The molecular formula is C46H54N8O7. The molecular weight excluding hydrogens is 777 g/mol. The van der Waals surface area contributed by atoms with Gasteiger partial charge >= 0.3 is 0 Å². The summed E-state index contributed by atoms with van der Waals surface area (Å²) in [6, 6.07) is 11.7. The van der Waals surface area contributed by atoms with E-state index in [4.69, 9.17) is 14.2 Å². The normalized spacial score (nSPS) is 22.0. The van der Waals surface area contributed by atoms with Crippen LogP contribution in [0.3, 0.4) is 0 Å². The van der Waals surface area contributed by atoms with Gasteiger partial charge in [0.15, 0.2) is 0 Å². The van der Waals surface area contributed by atoms with Gasteiger partial charge in [-0.1, -0.05) is 6.07 Å². The van der Waals surface area contributed by atoms with Crippen molar-refractivity contribution in [2.75, 3.05) is 96.1 Å². The van der Waals surface area contributed by atoms with Crippen molar-refractivity contribution in [2.45, 2.75) is 44.8 Å². The van der Waals surface area contributed by atoms with Crippen LogP contribution >= 0.6 is 0 Å². The van der Waals surface area contributed by atoms with E-state index in [1.54, 1.807) is 36.9 Å². The van der Waals surface area contributed by atoms with E-state index < -0.39 is 6.04 Å². The number of amides is 3. The number of rotatable bonds is 10. The molecule has 2 aromatic carbocycles. The minimum absolute atomic E-state index is 0.0947. The minimum atomic E-state index is -0.595. The van der Waals surface area contributed by atoms with Crippen LogP contribution in [0, 0.1) is 11.3 Å². The number of piperidine rings is 2. The van der Waals surface area contributed by atoms with Gasteiger partial charge in [-0.25, -0.2) is 4.98 Å². The Morgan fingerprint density at radius 2 is 1.62 bits per heavy atom. The largest absolute Gasteiger partial charge is 0.496 e. The number of pyridine rings is 2. The fourth-order valence-electron chi connectivity index (χ4n) is 10.6. The minimum Gasteiger partial charge on any atom is -0.496 e. The number of benzene rings is 2. The molecule has 4 aromatic rings. The summed E-state index contributed by atoms with van der Waals surface area (Å²) in [5, 5.41) is 3.77. The number of carbonyl (C=O) groups is 3. The molecule has 5 fully saturated rings. The van der Waals surface area contributed by atoms with Gasteiger partial charge in [0, 0.05) is 124 Å². The Morgan fingerprint density at radius 3 is 2.36 bits per heavy atom. The molecule has 6 aliphatic rings. The lowest BCUT2D eigenvalue weighted by Crippen LogP contribution is -2.61. The number of morpholine rings is 1. The summed E-state index contributed by atoms with van der Waals surface area (Å²) in [4.78, 5) is 66.8. The van der Waals surface area contributed by atoms with E-state index in [1.165, 1.54) is 12.8 Å². The van der Waals surface area contributed by atoms with E-state index in [-0.39, 0.29) is 29.7 Å². The zero-order valence-electron chi connectivity index (χ0n) is 35.3. The standard InChI is InChI=1S/C46H54N8O7/c1-49-26-37(34-19-41(47-20-36(34)44(49)57)52-12-14-61-15-13-52)35-18-39(59-2)31(16-40(35)60-3)24-51-22-29(23-51)21-50-10-8-46(9-11-50)27-53(28-46)32-5-4-30-25-54(45(58)33(30)17-32)38-6-7-42(55)48-43(38)56/h4-5,16-20,26,29,38H,6-15,21-25,27-28H2,1-3H3,(H,48,55,56). The molecule has 10 rings (SSSR count). The number of anilines is 2. The highest BCUT2D eigenvalue weighted by Gasteiger charge is 2.46. The maximum absolute atomic E-state index is 13.4. The quantitative estimate of drug-likeness (QED) is 0.235. The number of methoxy groups -OCH3 is 2. The van der Waals surface area contributed by atoms with Crippen LogP contribution in [0.1, 0.15) is 47.2 Å². The Balaban J connectivity index is 0.737. The molecule has 3 amide bonds. The Hall–Kier alpha value is -5.51. The summed E-state index contributed by atoms with van der Waals surface area (Å²) in [5.74, 6) is 2.20. The Morgan fingerprint density at radius 1 is 0.852 bits per heavy atom. The molecule has 61 heavy (non-hydrogen) atoms. The number of aromatic nitrogens is 2. The molecule has 0 bridgehead atoms. The Kier molecular flexibility index (Phi) is 10.2. The third kappa shape index (κ3) is 7.29. The molecule has 15 heteroatoms. The summed E-state index contributed by atoms with van der Waals surface area (Å²) >= 11 is 0. The van der Waals surface area contributed by atoms with Crippen molar-refractivity contribution in [2.24, 2.45) is 18.4 Å². The van der Waals surface area contributed by atoms with Crippen molar-refractivity contribution < 1.29 is 28.6 Å². The summed E-state index contributed by atoms with van der Waals surface area (Å²) < 4.78 is 19.2. The number of ether oxygens (including phenoxy) is 3. The predicted octanol–water partition coefficient (Wildman–Crippen LogP) is 3.25. The van der Waals surface area contributed by atoms with Gasteiger partial charge < -0.3 is 38.4 Å². The number of carbonyl (C=O) groups excluding carboxylic acids is 3. The van der Waals surface area contributed by atoms with Gasteiger partial charge in [-0.3, -0.25) is 29.4 Å². The maximum Gasteiger partial charge on any atom is 0.259 e. The first-order valence-electron chi connectivity index (χ1n) is 21.6. The van der Waals surface area contributed by atoms with Crippen molar-refractivity contribution in [3.05, 3.63) is 75.8 Å². The van der Waals surface area contributed by atoms with E-state index in [0.717, 1.165) is 116 Å². The van der Waals surface area contributed by atoms with Crippen LogP contribution in [0.5, 0.6) is 11.5 Å². The van der Waals surface area contributed by atoms with Gasteiger partial charge in [0.1, 0.15) is 23.4 Å². The summed E-state index contributed by atoms with van der Waals surface area (Å²) in [6.07, 6.45) is 6.55. The van der Waals surface area contributed by atoms with Gasteiger partial charge in [-0.05, 0) is 74.2 Å². The van der Waals surface area contributed by atoms with Gasteiger partial charge in [-0.15, -0.1) is 0 Å². The molecule has 1 unspecified atom stereocenters. The first-order chi connectivity index (χ1) is 29.6. The summed E-state index contributed by atoms with van der Waals surface area (Å²) in [6.45, 7) is 11.3. The zero-order valence-corrected chi connectivity index (χ0v) is 35.3. The Bertz CT molecular complexity index is 2460. The molecule has 5 saturated heterocycles. The smallest absolute Gasteiger partial charge is 0.259 e. The first kappa shape index (κ1) is 39.6. The predicted molar refractivity (Wildman–Crippen MR) is 230 cm³/mol. The number of aryl methyl sites for hydroxylation is 1. The molecule has 6 aliphatic heterocycles. The monoisotopic (exact) mass is 830 g/mol. The lowest BCUT2D eigenvalue weighted by Gasteiger charge is -2.55. The van der Waals surface area contributed by atoms with Crippen molar-refractivity contribution >= 4 is 40.0 Å². The fraction of sp³-hybridized carbons (Fsp3) is 0.500. The lowest BCUT2D eigenvalue weighted by atomic mass is 9.71. The second kappa shape index (κ2) is 15.8. The molecule has 8 heterocycles. The number of hydrogen-bond acceptors (Lipinski definition) is 12. The second-order valence-corrected chi connectivity index (χ2v) is 18.0. The average Bonchev–Trinajstić information content (AvgIpc) is 3.58. The van der Waals surface area contributed by atoms with Gasteiger partial charge in [0.25, 0.3) is 11.5 Å². The SMILES string of the molecule is COc1cc(-c2cn(C)c(=O)c3cnc(N4CCOCC4)cc23)c(OC)cc1CN1CC(CN2CCC3(CC2)CN(c2ccc4c(c2)C(=O)N(C2CCC(=O)NC2=O)C4)C3)C1. The zero-order chi connectivity index (χ0) is 42.0. The molecule has 15 nitrogen and oxygen atoms in total. The fourth-order valence-corrected chi connectivity index (χ4v) is 10.6. The van der Waals surface area contributed by atoms with Crippen molar-refractivity contribution in [3.63, 3.8) is 0 Å². The maximum atomic E-state index is 13.4. The van der Waals surface area contributed by atoms with Crippen LogP contribution < -0.4 is 30.1 Å². The lowest BCUT2D eigenvalue weighted by molar-refractivity contribution is -0.136. The van der Waals surface area contributed by atoms with E-state index in [0.29, 0.717) is 48.5 Å². The molecule has 0 radical (unpaired) electrons. The highest BCUT2D eigenvalue weighted by molar-refractivity contribution is 6.06. The number of fused-ring (bicyclic) bond motifs is 2. The van der Waals surface area contributed by atoms with Crippen LogP contribution in [-0.4, -0.2) is 134 Å². The number of nitrogens with one attached hydrogen (secondary N) is 1. The van der Waals surface area contributed by atoms with Gasteiger partial charge in [0.05, 0.1) is 32.8 Å². The van der Waals surface area contributed by atoms with E-state index in [1.807, 2.05) is 30.5 Å². The first-order valence-corrected chi connectivity index (χ1v) is 21.6. The van der Waals surface area contributed by atoms with Crippen LogP contribution in [0.15, 0.2) is 53.6 Å². The molecule has 0 saturated carbocycles. The molecule has 1 N–H and O–H groups in total. The Labute approximate surface area is 355 Å². The van der Waals surface area contributed by atoms with Crippen molar-refractivity contribution in [3.8, 4) is 22.6 Å². The molecule has 0 aliphatic carbocycles. The summed E-state index contributed by atoms with van der Waals surface area (Å²) in [7, 11) is 5.17. The third-order valence-electron chi connectivity index (χ3n) is 14.1. The third-order valence-corrected chi connectivity index (χ3v) is 14.1. The molecule has 1 atom stereocenters. The topological polar surface area (TPSA) is 142 Å². The van der Waals surface area contributed by atoms with Gasteiger partial charge in [-0.2, -0.15) is 0 Å². The highest BCUT2D eigenvalue weighted by atomic mass is 16.5. The number of hydrogen-bond donors (Lipinski definition) is 1. The van der Waals surface area contributed by atoms with Crippen LogP contribution in [0.2, 0.25) is 0 Å². The van der Waals surface area contributed by atoms with Gasteiger partial charge in [0.2, 0.25) is 11.8 Å². The van der Waals surface area contributed by atoms with Crippen LogP contribution in [0.4, 0.5) is 11.5 Å².